The van der Waals surface area contributed by atoms with Gasteiger partial charge in [-0.1, -0.05) is 48.5 Å². The number of pyridine rings is 8. The predicted octanol–water partition coefficient (Wildman–Crippen LogP) is -4.95. The largest absolute Gasteiger partial charge is 2.00 e. The molecule has 0 fully saturated rings. The first-order valence-electron chi connectivity index (χ1n) is 19.9. The van der Waals surface area contributed by atoms with Crippen LogP contribution < -0.4 is 46.8 Å². The maximum atomic E-state index is 8.49. The molecule has 0 atom stereocenters. The second-order valence-corrected chi connectivity index (χ2v) is 14.9. The number of hydrogen-bond donors (Lipinski definition) is 0. The van der Waals surface area contributed by atoms with Crippen molar-refractivity contribution in [2.45, 2.75) is 0 Å². The van der Waals surface area contributed by atoms with Gasteiger partial charge in [0.2, 0.25) is 0 Å². The molecule has 0 aliphatic heterocycles. The molecule has 0 aliphatic carbocycles. The normalized spacial score (nSPS) is 10.4. The maximum absolute atomic E-state index is 8.49. The Hall–Kier alpha value is -8.23. The van der Waals surface area contributed by atoms with Crippen LogP contribution >= 0.6 is 0 Å². The van der Waals surface area contributed by atoms with E-state index in [0.29, 0.717) is 0 Å². The standard InChI is InChI=1S/4C11H8N4.2ClHO4.Co.2H2O/c4*1-3-7-12-9(5-1)11-14-13-10-6-2-4-8-15(10)11;2*2-1(3,4)5;;;/h4*1-8H;2*(H,2,3,4,5);;2*1H2/q;;;;;;+2;;/p-2. The molecule has 0 spiro atoms. The molecule has 12 aromatic heterocycles. The molecule has 375 valence electrons. The molecule has 12 rings (SSSR count). The van der Waals surface area contributed by atoms with Gasteiger partial charge in [0.25, 0.3) is 0 Å². The average Bonchev–Trinajstić information content (AvgIpc) is 4.20. The maximum Gasteiger partial charge on any atom is 2.00 e. The van der Waals surface area contributed by atoms with Gasteiger partial charge >= 0.3 is 16.8 Å². The summed E-state index contributed by atoms with van der Waals surface area (Å²) in [7, 11) is -9.89. The van der Waals surface area contributed by atoms with Gasteiger partial charge in [-0.2, -0.15) is 0 Å². The van der Waals surface area contributed by atoms with E-state index in [2.05, 4.69) is 60.7 Å². The third kappa shape index (κ3) is 17.0. The minimum atomic E-state index is -4.94. The molecular weight excluding hydrogens is 1040 g/mol. The Morgan fingerprint density at radius 2 is 0.699 bits per heavy atom. The van der Waals surface area contributed by atoms with Crippen LogP contribution in [-0.4, -0.2) is 79.8 Å². The van der Waals surface area contributed by atoms with Crippen molar-refractivity contribution in [3.63, 3.8) is 0 Å². The molecule has 0 unspecified atom stereocenters. The number of halogens is 2. The van der Waals surface area contributed by atoms with Crippen LogP contribution in [0.25, 0.3) is 68.7 Å². The molecular formula is C44H36Cl2CoN16O10. The second kappa shape index (κ2) is 27.4. The Balaban J connectivity index is 0.000000196. The van der Waals surface area contributed by atoms with Crippen LogP contribution in [0.4, 0.5) is 0 Å². The summed E-state index contributed by atoms with van der Waals surface area (Å²) < 4.78 is 75.6. The Labute approximate surface area is 425 Å². The zero-order chi connectivity index (χ0) is 49.4. The molecule has 12 aromatic rings. The SMILES string of the molecule is O.O.[Co+2].[O-][Cl+3]([O-])([O-])[O-].[O-][Cl+3]([O-])([O-])[O-].c1ccc(-c2n[n-]c3cccc[n+]23)nc1.c1ccc(-c2nnc3ccccn23)nc1.c1ccc(-c2nnc3ccccn23)nc1.c1ccc(-c2nnc3ccccn23)nc1. The van der Waals surface area contributed by atoms with Gasteiger partial charge in [0.1, 0.15) is 22.8 Å². The quantitative estimate of drug-likeness (QED) is 0.149. The third-order valence-electron chi connectivity index (χ3n) is 8.83. The molecule has 0 aliphatic rings. The van der Waals surface area contributed by atoms with Gasteiger partial charge in [0.15, 0.2) is 45.9 Å². The summed E-state index contributed by atoms with van der Waals surface area (Å²) in [5.41, 5.74) is 6.65. The van der Waals surface area contributed by atoms with Crippen LogP contribution in [0, 0.1) is 20.5 Å². The van der Waals surface area contributed by atoms with Crippen LogP contribution in [0.2, 0.25) is 0 Å². The first-order valence-corrected chi connectivity index (χ1v) is 22.4. The Morgan fingerprint density at radius 3 is 1.03 bits per heavy atom. The van der Waals surface area contributed by atoms with Crippen molar-refractivity contribution in [2.24, 2.45) is 0 Å². The molecule has 29 heteroatoms. The van der Waals surface area contributed by atoms with Gasteiger partial charge in [-0.3, -0.25) is 37.5 Å². The fourth-order valence-corrected chi connectivity index (χ4v) is 6.04. The molecule has 0 saturated carbocycles. The van der Waals surface area contributed by atoms with Crippen molar-refractivity contribution in [2.75, 3.05) is 0 Å². The van der Waals surface area contributed by atoms with E-state index < -0.39 is 20.5 Å². The van der Waals surface area contributed by atoms with Gasteiger partial charge in [-0.05, 0) is 97.1 Å². The Kier molecular flexibility index (Phi) is 21.5. The molecule has 73 heavy (non-hydrogen) atoms. The topological polar surface area (TPSA) is 421 Å². The summed E-state index contributed by atoms with van der Waals surface area (Å²) in [5.74, 6) is 3.08. The molecule has 12 heterocycles. The van der Waals surface area contributed by atoms with Gasteiger partial charge in [0.05, 0.1) is 0 Å². The zero-order valence-electron chi connectivity index (χ0n) is 37.0. The average molecular weight is 1080 g/mol. The number of aromatic nitrogens is 16. The van der Waals surface area contributed by atoms with E-state index >= 15 is 0 Å². The van der Waals surface area contributed by atoms with Crippen molar-refractivity contribution >= 4 is 22.6 Å². The number of hydrogen-bond acceptors (Lipinski definition) is 19. The van der Waals surface area contributed by atoms with Gasteiger partial charge in [-0.25, -0.2) is 37.3 Å². The van der Waals surface area contributed by atoms with Crippen molar-refractivity contribution < 1.29 is 89.9 Å². The summed E-state index contributed by atoms with van der Waals surface area (Å²) in [5, 5.41) is 32.7. The first kappa shape index (κ1) is 57.3. The molecule has 0 amide bonds. The summed E-state index contributed by atoms with van der Waals surface area (Å²) >= 11 is 0. The number of nitrogens with zero attached hydrogens (tertiary/aromatic N) is 16. The van der Waals surface area contributed by atoms with Gasteiger partial charge in [-0.15, -0.1) is 61.3 Å². The summed E-state index contributed by atoms with van der Waals surface area (Å²) in [6.07, 6.45) is 14.7. The van der Waals surface area contributed by atoms with E-state index in [1.807, 2.05) is 188 Å². The Morgan fingerprint density at radius 1 is 0.384 bits per heavy atom. The van der Waals surface area contributed by atoms with E-state index in [1.165, 1.54) is 0 Å². The van der Waals surface area contributed by atoms with Crippen LogP contribution in [-0.2, 0) is 16.8 Å². The smallest absolute Gasteiger partial charge is 0.412 e. The summed E-state index contributed by atoms with van der Waals surface area (Å²) in [6, 6.07) is 46.2. The number of fused-ring (bicyclic) bond motifs is 4. The van der Waals surface area contributed by atoms with Crippen molar-refractivity contribution in [3.8, 4) is 46.1 Å². The second-order valence-electron chi connectivity index (χ2n) is 13.4. The monoisotopic (exact) mass is 1080 g/mol. The van der Waals surface area contributed by atoms with Gasteiger partial charge < -0.3 is 11.0 Å². The molecule has 26 nitrogen and oxygen atoms in total. The summed E-state index contributed by atoms with van der Waals surface area (Å²) in [4.78, 5) is 17.0. The Bertz CT molecular complexity index is 3020. The summed E-state index contributed by atoms with van der Waals surface area (Å²) in [6.45, 7) is 0. The fourth-order valence-electron chi connectivity index (χ4n) is 6.04. The van der Waals surface area contributed by atoms with Crippen molar-refractivity contribution in [1.29, 1.82) is 0 Å². The minimum absolute atomic E-state index is 0. The molecule has 0 saturated heterocycles. The fraction of sp³-hybridized carbons (Fsp3) is 0. The molecule has 1 radical (unpaired) electrons. The van der Waals surface area contributed by atoms with E-state index in [-0.39, 0.29) is 27.7 Å². The van der Waals surface area contributed by atoms with E-state index in [9.17, 15) is 0 Å². The van der Waals surface area contributed by atoms with Crippen molar-refractivity contribution in [3.05, 3.63) is 195 Å². The first-order chi connectivity index (χ1) is 33.8. The van der Waals surface area contributed by atoms with Crippen LogP contribution in [0.15, 0.2) is 195 Å². The van der Waals surface area contributed by atoms with Crippen LogP contribution in [0.3, 0.4) is 0 Å². The van der Waals surface area contributed by atoms with E-state index in [1.54, 1.807) is 24.8 Å². The zero-order valence-corrected chi connectivity index (χ0v) is 39.5. The van der Waals surface area contributed by atoms with Crippen LogP contribution in [0.5, 0.6) is 0 Å². The van der Waals surface area contributed by atoms with E-state index in [4.69, 9.17) is 37.3 Å². The van der Waals surface area contributed by atoms with Gasteiger partial charge in [0, 0.05) is 49.6 Å². The third-order valence-corrected chi connectivity index (χ3v) is 8.83. The van der Waals surface area contributed by atoms with E-state index in [0.717, 1.165) is 68.7 Å². The van der Waals surface area contributed by atoms with Crippen LogP contribution in [0.1, 0.15) is 0 Å². The number of rotatable bonds is 4. The molecule has 4 N–H and O–H groups in total. The molecule has 0 aromatic carbocycles. The minimum Gasteiger partial charge on any atom is -0.412 e. The van der Waals surface area contributed by atoms with Crippen molar-refractivity contribution in [1.82, 2.24) is 73.9 Å². The molecule has 0 bridgehead atoms. The predicted molar refractivity (Wildman–Crippen MR) is 230 cm³/mol.